The summed E-state index contributed by atoms with van der Waals surface area (Å²) >= 11 is 0. The molecule has 1 atom stereocenters. The third-order valence-corrected chi connectivity index (χ3v) is 0.454. The van der Waals surface area contributed by atoms with Crippen LogP contribution in [0, 0.1) is 0 Å². The van der Waals surface area contributed by atoms with Gasteiger partial charge in [0.25, 0.3) is 0 Å². The summed E-state index contributed by atoms with van der Waals surface area (Å²) in [6.07, 6.45) is -0.895. The molecule has 0 bridgehead atoms. The van der Waals surface area contributed by atoms with Crippen molar-refractivity contribution in [1.29, 1.82) is 0 Å². The molecule has 0 aliphatic heterocycles. The number of aldehydes is 1. The highest BCUT2D eigenvalue weighted by atomic mass is 16.6. The van der Waals surface area contributed by atoms with Gasteiger partial charge < -0.3 is 9.84 Å². The predicted molar refractivity (Wildman–Crippen MR) is 23.7 cm³/mol. The summed E-state index contributed by atoms with van der Waals surface area (Å²) in [5, 5.41) is 8.27. The average Bonchev–Trinajstić information content (AvgIpc) is 1.68. The van der Waals surface area contributed by atoms with Crippen LogP contribution in [0.15, 0.2) is 0 Å². The summed E-state index contributed by atoms with van der Waals surface area (Å²) < 4.78 is 4.38. The van der Waals surface area contributed by atoms with Crippen LogP contribution in [0.25, 0.3) is 0 Å². The lowest BCUT2D eigenvalue weighted by atomic mass is 10.7. The normalized spacial score (nSPS) is 13.4. The van der Waals surface area contributed by atoms with Crippen LogP contribution in [0.1, 0.15) is 6.92 Å². The van der Waals surface area contributed by atoms with Gasteiger partial charge in [-0.2, -0.15) is 0 Å². The minimum atomic E-state index is -1.23. The summed E-state index contributed by atoms with van der Waals surface area (Å²) in [6.45, 7) is 2.06. The van der Waals surface area contributed by atoms with E-state index in [0.717, 1.165) is 0 Å². The van der Waals surface area contributed by atoms with Gasteiger partial charge in [-0.05, 0) is 6.92 Å². The molecular weight excluding hydrogens is 96.0 g/mol. The Bertz CT molecular complexity index is 52.9. The van der Waals surface area contributed by atoms with Gasteiger partial charge >= 0.3 is 0 Å². The smallest absolute Gasteiger partial charge is 0.212 e. The number of carbonyl (C=O) groups is 1. The largest absolute Gasteiger partial charge is 0.362 e. The second kappa shape index (κ2) is 3.77. The molecule has 0 spiro atoms. The lowest BCUT2D eigenvalue weighted by Crippen LogP contribution is -2.11. The Hall–Kier alpha value is -0.410. The molecule has 0 saturated heterocycles. The van der Waals surface area contributed by atoms with Gasteiger partial charge in [0.05, 0.1) is 0 Å². The molecule has 0 aromatic rings. The zero-order valence-corrected chi connectivity index (χ0v) is 4.13. The molecule has 3 heteroatoms. The molecule has 0 saturated carbocycles. The van der Waals surface area contributed by atoms with Gasteiger partial charge in [-0.3, -0.25) is 4.79 Å². The van der Waals surface area contributed by atoms with Gasteiger partial charge in [0.15, 0.2) is 6.29 Å². The fraction of sp³-hybridized carbons (Fsp3) is 0.750. The highest BCUT2D eigenvalue weighted by molar-refractivity contribution is 5.53. The molecule has 0 amide bonds. The molecule has 0 radical (unpaired) electrons. The topological polar surface area (TPSA) is 46.5 Å². The highest BCUT2D eigenvalue weighted by Crippen LogP contribution is 1.77. The van der Waals surface area contributed by atoms with Crippen LogP contribution in [0.5, 0.6) is 0 Å². The third kappa shape index (κ3) is 3.42. The van der Waals surface area contributed by atoms with E-state index in [1.807, 2.05) is 0 Å². The van der Waals surface area contributed by atoms with Crippen molar-refractivity contribution < 1.29 is 14.6 Å². The summed E-state index contributed by atoms with van der Waals surface area (Å²) in [6, 6.07) is 0. The van der Waals surface area contributed by atoms with Crippen LogP contribution in [0.2, 0.25) is 0 Å². The van der Waals surface area contributed by atoms with Crippen molar-refractivity contribution in [3.05, 3.63) is 0 Å². The Kier molecular flexibility index (Phi) is 3.55. The highest BCUT2D eigenvalue weighted by Gasteiger charge is 1.94. The first-order valence-corrected chi connectivity index (χ1v) is 2.06. The zero-order valence-electron chi connectivity index (χ0n) is 4.13. The first kappa shape index (κ1) is 6.59. The van der Waals surface area contributed by atoms with E-state index >= 15 is 0 Å². The van der Waals surface area contributed by atoms with Gasteiger partial charge in [-0.15, -0.1) is 0 Å². The van der Waals surface area contributed by atoms with Gasteiger partial charge in [0, 0.05) is 6.61 Å². The van der Waals surface area contributed by atoms with Crippen molar-refractivity contribution in [2.45, 2.75) is 13.2 Å². The monoisotopic (exact) mass is 104 g/mol. The molecule has 0 aromatic heterocycles. The van der Waals surface area contributed by atoms with Crippen LogP contribution in [0.4, 0.5) is 0 Å². The molecule has 0 aliphatic carbocycles. The molecule has 0 heterocycles. The maximum absolute atomic E-state index is 9.52. The second-order valence-corrected chi connectivity index (χ2v) is 0.982. The molecular formula is C4H8O3. The van der Waals surface area contributed by atoms with Crippen LogP contribution in [-0.2, 0) is 9.53 Å². The molecule has 3 nitrogen and oxygen atoms in total. The lowest BCUT2D eigenvalue weighted by molar-refractivity contribution is -0.141. The van der Waals surface area contributed by atoms with E-state index in [-0.39, 0.29) is 0 Å². The van der Waals surface area contributed by atoms with E-state index < -0.39 is 6.29 Å². The van der Waals surface area contributed by atoms with E-state index in [1.54, 1.807) is 6.92 Å². The first-order valence-electron chi connectivity index (χ1n) is 2.06. The number of rotatable bonds is 3. The first-order chi connectivity index (χ1) is 3.31. The van der Waals surface area contributed by atoms with Crippen molar-refractivity contribution >= 4 is 6.29 Å². The number of hydrogen-bond donors (Lipinski definition) is 1. The Balaban J connectivity index is 2.98. The number of carbonyl (C=O) groups excluding carboxylic acids is 1. The average molecular weight is 104 g/mol. The number of aliphatic hydroxyl groups excluding tert-OH is 1. The Morgan fingerprint density at radius 3 is 2.71 bits per heavy atom. The molecule has 7 heavy (non-hydrogen) atoms. The van der Waals surface area contributed by atoms with Gasteiger partial charge in [-0.25, -0.2) is 0 Å². The third-order valence-electron chi connectivity index (χ3n) is 0.454. The zero-order chi connectivity index (χ0) is 5.70. The van der Waals surface area contributed by atoms with Crippen LogP contribution in [-0.4, -0.2) is 24.3 Å². The quantitative estimate of drug-likeness (QED) is 0.389. The minimum Gasteiger partial charge on any atom is -0.362 e. The van der Waals surface area contributed by atoms with Crippen molar-refractivity contribution in [3.8, 4) is 0 Å². The molecule has 1 unspecified atom stereocenters. The van der Waals surface area contributed by atoms with Gasteiger partial charge in [0.1, 0.15) is 0 Å². The number of aliphatic hydroxyl groups is 1. The van der Waals surface area contributed by atoms with E-state index in [0.29, 0.717) is 12.9 Å². The molecule has 0 aromatic carbocycles. The molecule has 0 aliphatic rings. The summed E-state index contributed by atoms with van der Waals surface area (Å²) in [5.74, 6) is 0. The molecule has 0 fully saturated rings. The number of ether oxygens (including phenoxy) is 1. The van der Waals surface area contributed by atoms with E-state index in [1.165, 1.54) is 0 Å². The SMILES string of the molecule is CCOC(O)C=O. The van der Waals surface area contributed by atoms with Crippen LogP contribution < -0.4 is 0 Å². The second-order valence-electron chi connectivity index (χ2n) is 0.982. The van der Waals surface area contributed by atoms with Crippen molar-refractivity contribution in [1.82, 2.24) is 0 Å². The Morgan fingerprint density at radius 2 is 2.57 bits per heavy atom. The summed E-state index contributed by atoms with van der Waals surface area (Å²) in [7, 11) is 0. The van der Waals surface area contributed by atoms with E-state index in [2.05, 4.69) is 4.74 Å². The van der Waals surface area contributed by atoms with Gasteiger partial charge in [-0.1, -0.05) is 0 Å². The lowest BCUT2D eigenvalue weighted by Gasteiger charge is -1.98. The van der Waals surface area contributed by atoms with Crippen LogP contribution in [0.3, 0.4) is 0 Å². The maximum Gasteiger partial charge on any atom is 0.212 e. The maximum atomic E-state index is 9.52. The minimum absolute atomic E-state index is 0.337. The molecule has 0 rings (SSSR count). The van der Waals surface area contributed by atoms with E-state index in [9.17, 15) is 4.79 Å². The van der Waals surface area contributed by atoms with Crippen LogP contribution >= 0.6 is 0 Å². The van der Waals surface area contributed by atoms with E-state index in [4.69, 9.17) is 5.11 Å². The molecule has 1 N–H and O–H groups in total. The Morgan fingerprint density at radius 1 is 2.00 bits per heavy atom. The standard InChI is InChI=1S/C4H8O3/c1-2-7-4(6)3-5/h3-4,6H,2H2,1H3. The fourth-order valence-corrected chi connectivity index (χ4v) is 0.210. The van der Waals surface area contributed by atoms with Gasteiger partial charge in [0.2, 0.25) is 6.29 Å². The fourth-order valence-electron chi connectivity index (χ4n) is 0.210. The van der Waals surface area contributed by atoms with Crippen molar-refractivity contribution in [3.63, 3.8) is 0 Å². The van der Waals surface area contributed by atoms with Crippen molar-refractivity contribution in [2.24, 2.45) is 0 Å². The number of hydrogen-bond acceptors (Lipinski definition) is 3. The molecule has 42 valence electrons. The summed E-state index contributed by atoms with van der Waals surface area (Å²) in [4.78, 5) is 9.52. The van der Waals surface area contributed by atoms with Crippen molar-refractivity contribution in [2.75, 3.05) is 6.61 Å². The predicted octanol–water partition coefficient (Wildman–Crippen LogP) is -0.460. The summed E-state index contributed by atoms with van der Waals surface area (Å²) in [5.41, 5.74) is 0. The Labute approximate surface area is 41.9 Å².